The number of halogens is 3. The molecular formula is C40H40BF3N4O4. The van der Waals surface area contributed by atoms with Gasteiger partial charge in [-0.25, -0.2) is 18.2 Å². The van der Waals surface area contributed by atoms with Gasteiger partial charge in [-0.3, -0.25) is 0 Å². The van der Waals surface area contributed by atoms with Gasteiger partial charge in [0.15, 0.2) is 23.3 Å². The fourth-order valence-electron chi connectivity index (χ4n) is 6.21. The second-order valence-corrected chi connectivity index (χ2v) is 13.9. The maximum absolute atomic E-state index is 15.8. The van der Waals surface area contributed by atoms with Crippen molar-refractivity contribution in [2.24, 2.45) is 0 Å². The summed E-state index contributed by atoms with van der Waals surface area (Å²) < 4.78 is 70.6. The normalized spacial score (nSPS) is 16.6. The number of hydrogen-bond donors (Lipinski definition) is 0. The van der Waals surface area contributed by atoms with Crippen LogP contribution in [0.3, 0.4) is 0 Å². The topological polar surface area (TPSA) is 69.2 Å². The molecule has 0 atom stereocenters. The molecule has 7 rings (SSSR count). The number of pyridine rings is 2. The van der Waals surface area contributed by atoms with Crippen LogP contribution in [0, 0.1) is 17.5 Å². The molecule has 0 aliphatic carbocycles. The molecule has 2 aliphatic heterocycles. The first kappa shape index (κ1) is 35.3. The maximum Gasteiger partial charge on any atom is 0.497 e. The summed E-state index contributed by atoms with van der Waals surface area (Å²) in [4.78, 5) is 12.7. The molecule has 2 fully saturated rings. The molecule has 0 amide bonds. The zero-order valence-electron chi connectivity index (χ0n) is 29.6. The minimum Gasteiger partial charge on any atom is -0.473 e. The standard InChI is InChI=1S/C40H40BF3N4O4/c1-39(2)40(3,4)52-41(51-39)31-16-17-33(36(44)35(31)43)47-19-21-48(22-20-47)37-32(42)23-29(24-45-37)30-15-18-34(49-25-27-11-7-5-8-12-27)46-38(30)50-26-28-13-9-6-10-14-28/h5-18,23-24H,19-22,25-26H2,1-4H3. The molecule has 12 heteroatoms. The van der Waals surface area contributed by atoms with E-state index in [1.807, 2.05) is 88.4 Å². The van der Waals surface area contributed by atoms with Crippen LogP contribution in [0.4, 0.5) is 24.7 Å². The zero-order valence-corrected chi connectivity index (χ0v) is 29.6. The quantitative estimate of drug-likeness (QED) is 0.140. The first-order valence-electron chi connectivity index (χ1n) is 17.3. The molecule has 5 aromatic rings. The van der Waals surface area contributed by atoms with Gasteiger partial charge in [0.05, 0.1) is 16.9 Å². The Morgan fingerprint density at radius 1 is 0.712 bits per heavy atom. The number of aromatic nitrogens is 2. The molecule has 268 valence electrons. The molecule has 0 unspecified atom stereocenters. The van der Waals surface area contributed by atoms with Crippen molar-refractivity contribution in [3.8, 4) is 22.9 Å². The molecule has 2 aliphatic rings. The average molecular weight is 709 g/mol. The Hall–Kier alpha value is -5.07. The first-order valence-corrected chi connectivity index (χ1v) is 17.3. The number of piperazine rings is 1. The Bertz CT molecular complexity index is 2010. The highest BCUT2D eigenvalue weighted by Crippen LogP contribution is 2.37. The Kier molecular flexibility index (Phi) is 9.87. The average Bonchev–Trinajstić information content (AvgIpc) is 3.37. The van der Waals surface area contributed by atoms with Crippen LogP contribution in [0.15, 0.2) is 97.2 Å². The number of benzene rings is 3. The third kappa shape index (κ3) is 7.31. The molecule has 0 N–H and O–H groups in total. The maximum atomic E-state index is 15.8. The van der Waals surface area contributed by atoms with Crippen LogP contribution in [0.2, 0.25) is 0 Å². The lowest BCUT2D eigenvalue weighted by atomic mass is 9.78. The van der Waals surface area contributed by atoms with E-state index >= 15 is 13.2 Å². The third-order valence-electron chi connectivity index (χ3n) is 9.93. The van der Waals surface area contributed by atoms with Crippen LogP contribution >= 0.6 is 0 Å². The SMILES string of the molecule is CC1(C)OB(c2ccc(N3CCN(c4ncc(-c5ccc(OCc6ccccc6)nc5OCc5ccccc5)cc4F)CC3)c(F)c2F)OC1(C)C. The molecule has 0 spiro atoms. The van der Waals surface area contributed by atoms with Gasteiger partial charge in [0.25, 0.3) is 0 Å². The van der Waals surface area contributed by atoms with E-state index in [0.29, 0.717) is 49.8 Å². The van der Waals surface area contributed by atoms with Crippen LogP contribution in [0.5, 0.6) is 11.8 Å². The lowest BCUT2D eigenvalue weighted by Crippen LogP contribution is -2.47. The smallest absolute Gasteiger partial charge is 0.473 e. The van der Waals surface area contributed by atoms with Gasteiger partial charge in [0.2, 0.25) is 11.8 Å². The van der Waals surface area contributed by atoms with Crippen molar-refractivity contribution in [1.29, 1.82) is 0 Å². The van der Waals surface area contributed by atoms with Crippen molar-refractivity contribution in [2.45, 2.75) is 52.1 Å². The van der Waals surface area contributed by atoms with Crippen LogP contribution in [-0.2, 0) is 22.5 Å². The summed E-state index contributed by atoms with van der Waals surface area (Å²) in [6.45, 7) is 9.39. The predicted octanol–water partition coefficient (Wildman–Crippen LogP) is 7.34. The monoisotopic (exact) mass is 708 g/mol. The molecule has 8 nitrogen and oxygen atoms in total. The molecular weight excluding hydrogens is 668 g/mol. The van der Waals surface area contributed by atoms with Crippen LogP contribution in [0.1, 0.15) is 38.8 Å². The molecule has 4 heterocycles. The minimum atomic E-state index is -1.02. The van der Waals surface area contributed by atoms with Gasteiger partial charge in [0, 0.05) is 55.0 Å². The lowest BCUT2D eigenvalue weighted by molar-refractivity contribution is 0.00578. The first-order chi connectivity index (χ1) is 25.0. The second-order valence-electron chi connectivity index (χ2n) is 13.9. The molecule has 0 bridgehead atoms. The van der Waals surface area contributed by atoms with Gasteiger partial charge in [-0.1, -0.05) is 66.7 Å². The number of hydrogen-bond acceptors (Lipinski definition) is 8. The van der Waals surface area contributed by atoms with Crippen LogP contribution < -0.4 is 24.7 Å². The summed E-state index contributed by atoms with van der Waals surface area (Å²) >= 11 is 0. The van der Waals surface area contributed by atoms with E-state index in [4.69, 9.17) is 18.8 Å². The second kappa shape index (κ2) is 14.5. The Morgan fingerprint density at radius 3 is 1.92 bits per heavy atom. The largest absolute Gasteiger partial charge is 0.497 e. The van der Waals surface area contributed by atoms with Crippen molar-refractivity contribution >= 4 is 24.1 Å². The van der Waals surface area contributed by atoms with E-state index in [0.717, 1.165) is 11.1 Å². The van der Waals surface area contributed by atoms with Crippen molar-refractivity contribution < 1.29 is 32.0 Å². The summed E-state index contributed by atoms with van der Waals surface area (Å²) in [5, 5.41) is 0. The van der Waals surface area contributed by atoms with Crippen molar-refractivity contribution in [3.05, 3.63) is 126 Å². The van der Waals surface area contributed by atoms with Crippen molar-refractivity contribution in [2.75, 3.05) is 36.0 Å². The molecule has 2 aromatic heterocycles. The number of rotatable bonds is 10. The van der Waals surface area contributed by atoms with Crippen LogP contribution in [-0.4, -0.2) is 54.5 Å². The summed E-state index contributed by atoms with van der Waals surface area (Å²) in [5.74, 6) is -1.65. The third-order valence-corrected chi connectivity index (χ3v) is 9.93. The fourth-order valence-corrected chi connectivity index (χ4v) is 6.21. The highest BCUT2D eigenvalue weighted by atomic mass is 19.2. The molecule has 3 aromatic carbocycles. The van der Waals surface area contributed by atoms with E-state index in [1.54, 1.807) is 34.2 Å². The van der Waals surface area contributed by atoms with E-state index < -0.39 is 35.8 Å². The Balaban J connectivity index is 1.05. The highest BCUT2D eigenvalue weighted by Gasteiger charge is 2.52. The van der Waals surface area contributed by atoms with Crippen molar-refractivity contribution in [3.63, 3.8) is 0 Å². The van der Waals surface area contributed by atoms with Crippen molar-refractivity contribution in [1.82, 2.24) is 9.97 Å². The van der Waals surface area contributed by atoms with E-state index in [1.165, 1.54) is 12.1 Å². The highest BCUT2D eigenvalue weighted by molar-refractivity contribution is 6.62. The minimum absolute atomic E-state index is 0.0167. The van der Waals surface area contributed by atoms with Gasteiger partial charge in [0.1, 0.15) is 13.2 Å². The van der Waals surface area contributed by atoms with Gasteiger partial charge in [-0.2, -0.15) is 4.98 Å². The van der Waals surface area contributed by atoms with E-state index in [2.05, 4.69) is 9.97 Å². The Labute approximate surface area is 302 Å². The molecule has 0 radical (unpaired) electrons. The van der Waals surface area contributed by atoms with Crippen LogP contribution in [0.25, 0.3) is 11.1 Å². The summed E-state index contributed by atoms with van der Waals surface area (Å²) in [7, 11) is -1.02. The number of anilines is 2. The van der Waals surface area contributed by atoms with E-state index in [9.17, 15) is 0 Å². The van der Waals surface area contributed by atoms with Gasteiger partial charge < -0.3 is 28.6 Å². The van der Waals surface area contributed by atoms with Gasteiger partial charge in [-0.05, 0) is 57.0 Å². The number of nitrogens with zero attached hydrogens (tertiary/aromatic N) is 4. The predicted molar refractivity (Wildman–Crippen MR) is 195 cm³/mol. The summed E-state index contributed by atoms with van der Waals surface area (Å²) in [6, 6.07) is 27.4. The zero-order chi connectivity index (χ0) is 36.5. The number of ether oxygens (including phenoxy) is 2. The Morgan fingerprint density at radius 2 is 1.31 bits per heavy atom. The summed E-state index contributed by atoms with van der Waals surface area (Å²) in [6.07, 6.45) is 1.59. The molecule has 2 saturated heterocycles. The fraction of sp³-hybridized carbons (Fsp3) is 0.300. The summed E-state index contributed by atoms with van der Waals surface area (Å²) in [5.41, 5.74) is 1.78. The van der Waals surface area contributed by atoms with Gasteiger partial charge in [-0.15, -0.1) is 0 Å². The molecule has 0 saturated carbocycles. The van der Waals surface area contributed by atoms with E-state index in [-0.39, 0.29) is 29.5 Å². The molecule has 52 heavy (non-hydrogen) atoms. The van der Waals surface area contributed by atoms with Gasteiger partial charge >= 0.3 is 7.12 Å². The lowest BCUT2D eigenvalue weighted by Gasteiger charge is -2.37.